The van der Waals surface area contributed by atoms with Crippen LogP contribution < -0.4 is 0 Å². The molecule has 2 N–H and O–H groups in total. The maximum Gasteiger partial charge on any atom is 0.0568 e. The van der Waals surface area contributed by atoms with E-state index in [0.717, 1.165) is 37.5 Å². The van der Waals surface area contributed by atoms with Crippen LogP contribution in [0.15, 0.2) is 0 Å². The molecule has 4 atom stereocenters. The fourth-order valence-corrected chi connectivity index (χ4v) is 2.66. The van der Waals surface area contributed by atoms with Crippen molar-refractivity contribution in [2.75, 3.05) is 0 Å². The highest BCUT2D eigenvalue weighted by Gasteiger charge is 2.30. The monoisotopic (exact) mass is 214 g/mol. The first-order valence-corrected chi connectivity index (χ1v) is 6.36. The molecule has 0 aromatic carbocycles. The zero-order valence-corrected chi connectivity index (χ0v) is 10.3. The molecule has 1 rings (SSSR count). The van der Waals surface area contributed by atoms with Gasteiger partial charge >= 0.3 is 0 Å². The van der Waals surface area contributed by atoms with Crippen molar-refractivity contribution in [1.82, 2.24) is 0 Å². The Bertz CT molecular complexity index is 177. The van der Waals surface area contributed by atoms with Crippen molar-refractivity contribution in [2.45, 2.75) is 65.1 Å². The van der Waals surface area contributed by atoms with E-state index < -0.39 is 0 Å². The average molecular weight is 214 g/mol. The SMILES string of the molecule is CC(O)CCC1CC(C(C)C)CCC1O. The fourth-order valence-electron chi connectivity index (χ4n) is 2.66. The molecule has 4 unspecified atom stereocenters. The van der Waals surface area contributed by atoms with Crippen LogP contribution in [0.1, 0.15) is 52.9 Å². The van der Waals surface area contributed by atoms with Crippen LogP contribution in [-0.2, 0) is 0 Å². The quantitative estimate of drug-likeness (QED) is 0.755. The Morgan fingerprint density at radius 2 is 1.87 bits per heavy atom. The summed E-state index contributed by atoms with van der Waals surface area (Å²) in [5, 5.41) is 19.2. The second-order valence-electron chi connectivity index (χ2n) is 5.57. The molecule has 0 bridgehead atoms. The first-order chi connectivity index (χ1) is 7.00. The minimum atomic E-state index is -0.225. The van der Waals surface area contributed by atoms with Crippen molar-refractivity contribution >= 4 is 0 Å². The third-order valence-corrected chi connectivity index (χ3v) is 3.88. The minimum absolute atomic E-state index is 0.126. The number of aliphatic hydroxyl groups excluding tert-OH is 2. The smallest absolute Gasteiger partial charge is 0.0568 e. The molecule has 1 aliphatic carbocycles. The predicted octanol–water partition coefficient (Wildman–Crippen LogP) is 2.58. The van der Waals surface area contributed by atoms with Gasteiger partial charge in [-0.2, -0.15) is 0 Å². The van der Waals surface area contributed by atoms with E-state index in [1.807, 2.05) is 6.92 Å². The molecule has 0 heterocycles. The molecule has 0 saturated heterocycles. The van der Waals surface area contributed by atoms with Crippen molar-refractivity contribution < 1.29 is 10.2 Å². The van der Waals surface area contributed by atoms with Gasteiger partial charge in [0.25, 0.3) is 0 Å². The summed E-state index contributed by atoms with van der Waals surface area (Å²) >= 11 is 0. The number of aliphatic hydroxyl groups is 2. The molecule has 1 aliphatic rings. The van der Waals surface area contributed by atoms with Crippen molar-refractivity contribution in [2.24, 2.45) is 17.8 Å². The van der Waals surface area contributed by atoms with Gasteiger partial charge in [-0.1, -0.05) is 13.8 Å². The van der Waals surface area contributed by atoms with E-state index >= 15 is 0 Å². The zero-order valence-electron chi connectivity index (χ0n) is 10.3. The molecule has 1 saturated carbocycles. The molecule has 1 fully saturated rings. The van der Waals surface area contributed by atoms with E-state index in [4.69, 9.17) is 0 Å². The molecule has 0 aromatic rings. The van der Waals surface area contributed by atoms with Crippen LogP contribution >= 0.6 is 0 Å². The van der Waals surface area contributed by atoms with E-state index in [0.29, 0.717) is 5.92 Å². The standard InChI is InChI=1S/C13H26O2/c1-9(2)11-6-7-13(15)12(8-11)5-4-10(3)14/h9-15H,4-8H2,1-3H3. The first-order valence-electron chi connectivity index (χ1n) is 6.36. The van der Waals surface area contributed by atoms with Gasteiger partial charge in [0.1, 0.15) is 0 Å². The van der Waals surface area contributed by atoms with Crippen molar-refractivity contribution in [3.63, 3.8) is 0 Å². The third-order valence-electron chi connectivity index (χ3n) is 3.88. The van der Waals surface area contributed by atoms with Crippen LogP contribution in [0.3, 0.4) is 0 Å². The van der Waals surface area contributed by atoms with E-state index in [9.17, 15) is 10.2 Å². The topological polar surface area (TPSA) is 40.5 Å². The Hall–Kier alpha value is -0.0800. The summed E-state index contributed by atoms with van der Waals surface area (Å²) in [6.45, 7) is 6.37. The van der Waals surface area contributed by atoms with Crippen LogP contribution in [0.25, 0.3) is 0 Å². The highest BCUT2D eigenvalue weighted by atomic mass is 16.3. The van der Waals surface area contributed by atoms with Crippen LogP contribution in [-0.4, -0.2) is 22.4 Å². The van der Waals surface area contributed by atoms with Gasteiger partial charge in [0.15, 0.2) is 0 Å². The van der Waals surface area contributed by atoms with Crippen molar-refractivity contribution in [1.29, 1.82) is 0 Å². The molecule has 2 heteroatoms. The molecule has 0 aromatic heterocycles. The Labute approximate surface area is 93.7 Å². The normalized spacial score (nSPS) is 34.4. The minimum Gasteiger partial charge on any atom is -0.393 e. The van der Waals surface area contributed by atoms with Crippen LogP contribution in [0, 0.1) is 17.8 Å². The Morgan fingerprint density at radius 3 is 2.40 bits per heavy atom. The fraction of sp³-hybridized carbons (Fsp3) is 1.00. The van der Waals surface area contributed by atoms with Crippen molar-refractivity contribution in [3.05, 3.63) is 0 Å². The summed E-state index contributed by atoms with van der Waals surface area (Å²) in [5.74, 6) is 1.92. The maximum atomic E-state index is 9.90. The van der Waals surface area contributed by atoms with Gasteiger partial charge in [-0.05, 0) is 56.8 Å². The summed E-state index contributed by atoms with van der Waals surface area (Å²) in [7, 11) is 0. The van der Waals surface area contributed by atoms with Gasteiger partial charge in [-0.3, -0.25) is 0 Å². The Morgan fingerprint density at radius 1 is 1.20 bits per heavy atom. The molecule has 2 nitrogen and oxygen atoms in total. The Balaban J connectivity index is 2.39. The lowest BCUT2D eigenvalue weighted by Crippen LogP contribution is -2.31. The van der Waals surface area contributed by atoms with Gasteiger partial charge in [-0.25, -0.2) is 0 Å². The molecule has 0 amide bonds. The maximum absolute atomic E-state index is 9.90. The number of rotatable bonds is 4. The molecule has 15 heavy (non-hydrogen) atoms. The number of hydrogen-bond acceptors (Lipinski definition) is 2. The lowest BCUT2D eigenvalue weighted by atomic mass is 9.73. The van der Waals surface area contributed by atoms with Crippen LogP contribution in [0.4, 0.5) is 0 Å². The second-order valence-corrected chi connectivity index (χ2v) is 5.57. The van der Waals surface area contributed by atoms with Gasteiger partial charge < -0.3 is 10.2 Å². The van der Waals surface area contributed by atoms with E-state index in [2.05, 4.69) is 13.8 Å². The first kappa shape index (κ1) is 13.0. The summed E-state index contributed by atoms with van der Waals surface area (Å²) in [6.07, 6.45) is 4.72. The van der Waals surface area contributed by atoms with Crippen molar-refractivity contribution in [3.8, 4) is 0 Å². The molecule has 0 aliphatic heterocycles. The zero-order chi connectivity index (χ0) is 11.4. The largest absolute Gasteiger partial charge is 0.393 e. The Kier molecular flexibility index (Phi) is 5.07. The van der Waals surface area contributed by atoms with E-state index in [-0.39, 0.29) is 12.2 Å². The molecule has 0 spiro atoms. The van der Waals surface area contributed by atoms with Gasteiger partial charge in [0.2, 0.25) is 0 Å². The second kappa shape index (κ2) is 5.86. The molecular formula is C13H26O2. The summed E-state index contributed by atoms with van der Waals surface area (Å²) in [6, 6.07) is 0. The van der Waals surface area contributed by atoms with Gasteiger partial charge in [0, 0.05) is 0 Å². The average Bonchev–Trinajstić information content (AvgIpc) is 2.16. The summed E-state index contributed by atoms with van der Waals surface area (Å²) in [4.78, 5) is 0. The summed E-state index contributed by atoms with van der Waals surface area (Å²) < 4.78 is 0. The van der Waals surface area contributed by atoms with Gasteiger partial charge in [-0.15, -0.1) is 0 Å². The van der Waals surface area contributed by atoms with Crippen LogP contribution in [0.5, 0.6) is 0 Å². The highest BCUT2D eigenvalue weighted by molar-refractivity contribution is 4.81. The predicted molar refractivity (Wildman–Crippen MR) is 62.6 cm³/mol. The summed E-state index contributed by atoms with van der Waals surface area (Å²) in [5.41, 5.74) is 0. The molecule has 90 valence electrons. The van der Waals surface area contributed by atoms with Gasteiger partial charge in [0.05, 0.1) is 12.2 Å². The highest BCUT2D eigenvalue weighted by Crippen LogP contribution is 2.36. The van der Waals surface area contributed by atoms with E-state index in [1.165, 1.54) is 6.42 Å². The number of hydrogen-bond donors (Lipinski definition) is 2. The van der Waals surface area contributed by atoms with E-state index in [1.54, 1.807) is 0 Å². The molecule has 0 radical (unpaired) electrons. The van der Waals surface area contributed by atoms with Crippen LogP contribution in [0.2, 0.25) is 0 Å². The molecular weight excluding hydrogens is 188 g/mol. The third kappa shape index (κ3) is 4.12. The lowest BCUT2D eigenvalue weighted by Gasteiger charge is -2.35. The lowest BCUT2D eigenvalue weighted by molar-refractivity contribution is 0.0266.